The van der Waals surface area contributed by atoms with E-state index in [1.54, 1.807) is 6.20 Å². The van der Waals surface area contributed by atoms with Gasteiger partial charge in [-0.05, 0) is 18.6 Å². The van der Waals surface area contributed by atoms with Crippen LogP contribution in [0, 0.1) is 0 Å². The molecule has 0 aliphatic carbocycles. The second-order valence-corrected chi connectivity index (χ2v) is 2.83. The van der Waals surface area contributed by atoms with Gasteiger partial charge in [-0.1, -0.05) is 6.07 Å². The van der Waals surface area contributed by atoms with Crippen LogP contribution in [0.25, 0.3) is 0 Å². The van der Waals surface area contributed by atoms with Crippen molar-refractivity contribution >= 4 is 0 Å². The Balaban J connectivity index is 2.33. The average molecular weight is 166 g/mol. The summed E-state index contributed by atoms with van der Waals surface area (Å²) < 4.78 is 0. The minimum Gasteiger partial charge on any atom is -0.395 e. The lowest BCUT2D eigenvalue weighted by atomic mass is 10.2. The fourth-order valence-corrected chi connectivity index (χ4v) is 0.859. The molecule has 1 rings (SSSR count). The molecule has 12 heavy (non-hydrogen) atoms. The van der Waals surface area contributed by atoms with Crippen LogP contribution in [0.5, 0.6) is 0 Å². The van der Waals surface area contributed by atoms with Crippen LogP contribution in [0.2, 0.25) is 0 Å². The Kier molecular flexibility index (Phi) is 3.70. The van der Waals surface area contributed by atoms with Gasteiger partial charge >= 0.3 is 0 Å². The van der Waals surface area contributed by atoms with Gasteiger partial charge in [0, 0.05) is 25.0 Å². The molecule has 1 atom stereocenters. The van der Waals surface area contributed by atoms with Gasteiger partial charge in [-0.15, -0.1) is 0 Å². The molecule has 0 saturated carbocycles. The Morgan fingerprint density at radius 2 is 2.50 bits per heavy atom. The Bertz CT molecular complexity index is 213. The summed E-state index contributed by atoms with van der Waals surface area (Å²) in [5, 5.41) is 11.9. The molecule has 0 aliphatic heterocycles. The Morgan fingerprint density at radius 3 is 3.08 bits per heavy atom. The summed E-state index contributed by atoms with van der Waals surface area (Å²) in [7, 11) is 0. The lowest BCUT2D eigenvalue weighted by Gasteiger charge is -2.09. The van der Waals surface area contributed by atoms with Crippen LogP contribution in [-0.2, 0) is 6.54 Å². The molecule has 1 heterocycles. The molecule has 1 aromatic heterocycles. The second kappa shape index (κ2) is 4.85. The molecule has 0 aromatic carbocycles. The van der Waals surface area contributed by atoms with Crippen LogP contribution in [0.15, 0.2) is 24.5 Å². The maximum absolute atomic E-state index is 8.73. The average Bonchev–Trinajstić information content (AvgIpc) is 2.16. The molecule has 2 N–H and O–H groups in total. The molecule has 3 nitrogen and oxygen atoms in total. The highest BCUT2D eigenvalue weighted by molar-refractivity contribution is 5.07. The minimum absolute atomic E-state index is 0.144. The van der Waals surface area contributed by atoms with Gasteiger partial charge in [-0.2, -0.15) is 0 Å². The summed E-state index contributed by atoms with van der Waals surface area (Å²) in [6.07, 6.45) is 3.57. The van der Waals surface area contributed by atoms with Gasteiger partial charge in [-0.25, -0.2) is 0 Å². The summed E-state index contributed by atoms with van der Waals surface area (Å²) in [5.41, 5.74) is 1.14. The van der Waals surface area contributed by atoms with E-state index >= 15 is 0 Å². The zero-order chi connectivity index (χ0) is 8.81. The third kappa shape index (κ3) is 2.98. The van der Waals surface area contributed by atoms with Crippen LogP contribution in [0.1, 0.15) is 12.5 Å². The number of aromatic nitrogens is 1. The number of nitrogens with one attached hydrogen (secondary N) is 1. The van der Waals surface area contributed by atoms with Crippen molar-refractivity contribution in [2.75, 3.05) is 6.61 Å². The highest BCUT2D eigenvalue weighted by Crippen LogP contribution is 1.94. The van der Waals surface area contributed by atoms with Crippen molar-refractivity contribution in [1.29, 1.82) is 0 Å². The predicted molar refractivity (Wildman–Crippen MR) is 47.6 cm³/mol. The number of hydrogen-bond donors (Lipinski definition) is 2. The Hall–Kier alpha value is -0.930. The molecule has 0 bridgehead atoms. The van der Waals surface area contributed by atoms with E-state index in [-0.39, 0.29) is 12.6 Å². The van der Waals surface area contributed by atoms with Crippen LogP contribution in [0.3, 0.4) is 0 Å². The van der Waals surface area contributed by atoms with Crippen LogP contribution in [0.4, 0.5) is 0 Å². The molecule has 0 saturated heterocycles. The van der Waals surface area contributed by atoms with Gasteiger partial charge in [-0.3, -0.25) is 4.98 Å². The summed E-state index contributed by atoms with van der Waals surface area (Å²) in [6.45, 7) is 2.87. The molecule has 0 radical (unpaired) electrons. The molecule has 0 unspecified atom stereocenters. The molecule has 0 fully saturated rings. The lowest BCUT2D eigenvalue weighted by molar-refractivity contribution is 0.251. The molecular weight excluding hydrogens is 152 g/mol. The largest absolute Gasteiger partial charge is 0.395 e. The van der Waals surface area contributed by atoms with E-state index in [9.17, 15) is 0 Å². The molecular formula is C9H14N2O. The molecule has 3 heteroatoms. The van der Waals surface area contributed by atoms with Crippen molar-refractivity contribution in [3.63, 3.8) is 0 Å². The first-order valence-corrected chi connectivity index (χ1v) is 4.06. The molecule has 0 amide bonds. The first-order valence-electron chi connectivity index (χ1n) is 4.06. The van der Waals surface area contributed by atoms with Crippen molar-refractivity contribution < 1.29 is 5.11 Å². The van der Waals surface area contributed by atoms with Gasteiger partial charge in [0.15, 0.2) is 0 Å². The van der Waals surface area contributed by atoms with Gasteiger partial charge in [0.25, 0.3) is 0 Å². The van der Waals surface area contributed by atoms with Gasteiger partial charge in [0.2, 0.25) is 0 Å². The van der Waals surface area contributed by atoms with Gasteiger partial charge < -0.3 is 10.4 Å². The number of hydrogen-bond acceptors (Lipinski definition) is 3. The standard InChI is InChI=1S/C9H14N2O/c1-8(7-12)11-6-9-3-2-4-10-5-9/h2-5,8,11-12H,6-7H2,1H3/t8-/m1/s1. The summed E-state index contributed by atoms with van der Waals surface area (Å²) in [4.78, 5) is 3.99. The highest BCUT2D eigenvalue weighted by Gasteiger charge is 1.97. The van der Waals surface area contributed by atoms with Crippen molar-refractivity contribution in [2.24, 2.45) is 0 Å². The normalized spacial score (nSPS) is 12.8. The van der Waals surface area contributed by atoms with E-state index in [0.29, 0.717) is 0 Å². The molecule has 1 aromatic rings. The maximum Gasteiger partial charge on any atom is 0.0582 e. The van der Waals surface area contributed by atoms with E-state index in [0.717, 1.165) is 12.1 Å². The van der Waals surface area contributed by atoms with Crippen molar-refractivity contribution in [2.45, 2.75) is 19.5 Å². The molecule has 0 aliphatic rings. The monoisotopic (exact) mass is 166 g/mol. The topological polar surface area (TPSA) is 45.1 Å². The quantitative estimate of drug-likeness (QED) is 0.686. The third-order valence-electron chi connectivity index (χ3n) is 1.65. The third-order valence-corrected chi connectivity index (χ3v) is 1.65. The van der Waals surface area contributed by atoms with Crippen molar-refractivity contribution in [3.8, 4) is 0 Å². The number of rotatable bonds is 4. The lowest BCUT2D eigenvalue weighted by Crippen LogP contribution is -2.28. The van der Waals surface area contributed by atoms with Gasteiger partial charge in [0.05, 0.1) is 6.61 Å². The molecule has 66 valence electrons. The maximum atomic E-state index is 8.73. The van der Waals surface area contributed by atoms with Crippen LogP contribution < -0.4 is 5.32 Å². The summed E-state index contributed by atoms with van der Waals surface area (Å²) in [6, 6.07) is 4.05. The first kappa shape index (κ1) is 9.16. The van der Waals surface area contributed by atoms with Crippen LogP contribution in [-0.4, -0.2) is 22.7 Å². The summed E-state index contributed by atoms with van der Waals surface area (Å²) >= 11 is 0. The van der Waals surface area contributed by atoms with Gasteiger partial charge in [0.1, 0.15) is 0 Å². The van der Waals surface area contributed by atoms with Crippen molar-refractivity contribution in [1.82, 2.24) is 10.3 Å². The first-order chi connectivity index (χ1) is 5.83. The minimum atomic E-state index is 0.144. The second-order valence-electron chi connectivity index (χ2n) is 2.83. The van der Waals surface area contributed by atoms with E-state index in [1.807, 2.05) is 25.3 Å². The van der Waals surface area contributed by atoms with E-state index in [4.69, 9.17) is 5.11 Å². The fourth-order valence-electron chi connectivity index (χ4n) is 0.859. The Morgan fingerprint density at radius 1 is 1.67 bits per heavy atom. The van der Waals surface area contributed by atoms with E-state index in [2.05, 4.69) is 10.3 Å². The molecule has 0 spiro atoms. The zero-order valence-electron chi connectivity index (χ0n) is 7.20. The highest BCUT2D eigenvalue weighted by atomic mass is 16.3. The number of aliphatic hydroxyl groups excluding tert-OH is 1. The SMILES string of the molecule is C[C@H](CO)NCc1cccnc1. The summed E-state index contributed by atoms with van der Waals surface area (Å²) in [5.74, 6) is 0. The number of aliphatic hydroxyl groups is 1. The predicted octanol–water partition coefficient (Wildman–Crippen LogP) is 0.552. The Labute approximate surface area is 72.5 Å². The zero-order valence-corrected chi connectivity index (χ0v) is 7.20. The number of nitrogens with zero attached hydrogens (tertiary/aromatic N) is 1. The fraction of sp³-hybridized carbons (Fsp3) is 0.444. The van der Waals surface area contributed by atoms with E-state index < -0.39 is 0 Å². The van der Waals surface area contributed by atoms with Crippen LogP contribution >= 0.6 is 0 Å². The van der Waals surface area contributed by atoms with E-state index in [1.165, 1.54) is 0 Å². The van der Waals surface area contributed by atoms with Crippen molar-refractivity contribution in [3.05, 3.63) is 30.1 Å². The smallest absolute Gasteiger partial charge is 0.0582 e. The number of pyridine rings is 1.